The Labute approximate surface area is 128 Å². The van der Waals surface area contributed by atoms with Gasteiger partial charge < -0.3 is 15.0 Å². The largest absolute Gasteiger partial charge is 0.379 e. The normalized spacial score (nSPS) is 13.8. The highest BCUT2D eigenvalue weighted by Crippen LogP contribution is 2.24. The molecule has 1 unspecified atom stereocenters. The number of rotatable bonds is 7. The Morgan fingerprint density at radius 2 is 2.05 bits per heavy atom. The average molecular weight is 288 g/mol. The molecule has 0 aliphatic rings. The molecule has 0 saturated heterocycles. The van der Waals surface area contributed by atoms with Gasteiger partial charge in [0.1, 0.15) is 0 Å². The van der Waals surface area contributed by atoms with Crippen molar-refractivity contribution in [3.05, 3.63) is 36.0 Å². The fourth-order valence-electron chi connectivity index (χ4n) is 2.61. The van der Waals surface area contributed by atoms with Crippen LogP contribution in [0.4, 0.5) is 0 Å². The predicted octanol–water partition coefficient (Wildman–Crippen LogP) is 3.74. The van der Waals surface area contributed by atoms with Crippen LogP contribution in [0, 0.1) is 0 Å². The quantitative estimate of drug-likeness (QED) is 0.843. The van der Waals surface area contributed by atoms with Gasteiger partial charge >= 0.3 is 0 Å². The first-order valence-corrected chi connectivity index (χ1v) is 7.84. The van der Waals surface area contributed by atoms with Crippen molar-refractivity contribution >= 4 is 10.9 Å². The summed E-state index contributed by atoms with van der Waals surface area (Å²) in [6.45, 7) is 7.37. The number of ether oxygens (including phenoxy) is 1. The molecule has 0 spiro atoms. The highest BCUT2D eigenvalue weighted by Gasteiger charge is 2.17. The van der Waals surface area contributed by atoms with Crippen LogP contribution in [0.1, 0.15) is 39.2 Å². The first kappa shape index (κ1) is 16.1. The first-order valence-electron chi connectivity index (χ1n) is 7.84. The molecule has 1 heterocycles. The molecule has 0 radical (unpaired) electrons. The molecule has 3 nitrogen and oxygen atoms in total. The van der Waals surface area contributed by atoms with E-state index in [-0.39, 0.29) is 11.6 Å². The van der Waals surface area contributed by atoms with E-state index in [1.54, 1.807) is 7.11 Å². The molecule has 21 heavy (non-hydrogen) atoms. The summed E-state index contributed by atoms with van der Waals surface area (Å²) in [6, 6.07) is 8.93. The van der Waals surface area contributed by atoms with Crippen molar-refractivity contribution in [3.8, 4) is 0 Å². The fraction of sp³-hybridized carbons (Fsp3) is 0.556. The minimum absolute atomic E-state index is 0.0919. The van der Waals surface area contributed by atoms with E-state index >= 15 is 0 Å². The lowest BCUT2D eigenvalue weighted by molar-refractivity contribution is 0.0123. The van der Waals surface area contributed by atoms with Gasteiger partial charge in [0.25, 0.3) is 0 Å². The lowest BCUT2D eigenvalue weighted by Crippen LogP contribution is -2.24. The molecule has 0 aliphatic carbocycles. The van der Waals surface area contributed by atoms with Crippen LogP contribution in [0.3, 0.4) is 0 Å². The Kier molecular flexibility index (Phi) is 5.07. The number of aryl methyl sites for hydroxylation is 1. The molecule has 0 bridgehead atoms. The molecule has 0 aliphatic heterocycles. The third-order valence-electron chi connectivity index (χ3n) is 4.39. The maximum Gasteiger partial charge on any atom is 0.0639 e. The van der Waals surface area contributed by atoms with Crippen molar-refractivity contribution in [2.45, 2.75) is 58.2 Å². The predicted molar refractivity (Wildman–Crippen MR) is 89.6 cm³/mol. The monoisotopic (exact) mass is 288 g/mol. The SMILES string of the molecule is CCC(N)Cc1cccc2ccn(CCC(C)(C)OC)c12. The van der Waals surface area contributed by atoms with E-state index in [4.69, 9.17) is 10.5 Å². The van der Waals surface area contributed by atoms with Crippen LogP contribution >= 0.6 is 0 Å². The van der Waals surface area contributed by atoms with Gasteiger partial charge in [0.05, 0.1) is 11.1 Å². The van der Waals surface area contributed by atoms with Crippen LogP contribution < -0.4 is 5.73 Å². The summed E-state index contributed by atoms with van der Waals surface area (Å²) in [5.74, 6) is 0. The first-order chi connectivity index (χ1) is 9.96. The minimum Gasteiger partial charge on any atom is -0.379 e. The smallest absolute Gasteiger partial charge is 0.0639 e. The number of methoxy groups -OCH3 is 1. The number of hydrogen-bond donors (Lipinski definition) is 1. The topological polar surface area (TPSA) is 40.2 Å². The molecule has 1 atom stereocenters. The molecule has 1 aromatic heterocycles. The van der Waals surface area contributed by atoms with Gasteiger partial charge in [-0.15, -0.1) is 0 Å². The average Bonchev–Trinajstić information content (AvgIpc) is 2.89. The van der Waals surface area contributed by atoms with Crippen LogP contribution in [0.25, 0.3) is 10.9 Å². The van der Waals surface area contributed by atoms with Crippen LogP contribution in [-0.4, -0.2) is 23.3 Å². The molecule has 2 rings (SSSR count). The van der Waals surface area contributed by atoms with E-state index in [0.29, 0.717) is 0 Å². The summed E-state index contributed by atoms with van der Waals surface area (Å²) in [6.07, 6.45) is 5.11. The number of benzene rings is 1. The highest BCUT2D eigenvalue weighted by molar-refractivity contribution is 5.83. The van der Waals surface area contributed by atoms with E-state index in [2.05, 4.69) is 55.8 Å². The van der Waals surface area contributed by atoms with Crippen LogP contribution in [0.2, 0.25) is 0 Å². The minimum atomic E-state index is -0.0919. The standard InChI is InChI=1S/C18H28N2O/c1-5-16(19)13-15-8-6-7-14-9-11-20(17(14)15)12-10-18(2,3)21-4/h6-9,11,16H,5,10,12-13,19H2,1-4H3. The molecule has 0 amide bonds. The summed E-state index contributed by atoms with van der Waals surface area (Å²) in [5, 5.41) is 1.30. The zero-order valence-corrected chi connectivity index (χ0v) is 13.7. The number of hydrogen-bond acceptors (Lipinski definition) is 2. The molecule has 116 valence electrons. The van der Waals surface area contributed by atoms with Crippen molar-refractivity contribution in [1.29, 1.82) is 0 Å². The van der Waals surface area contributed by atoms with E-state index in [1.807, 2.05) is 0 Å². The molecule has 0 fully saturated rings. The number of fused-ring (bicyclic) bond motifs is 1. The lowest BCUT2D eigenvalue weighted by Gasteiger charge is -2.23. The van der Waals surface area contributed by atoms with Crippen molar-refractivity contribution in [3.63, 3.8) is 0 Å². The molecule has 0 saturated carbocycles. The third-order valence-corrected chi connectivity index (χ3v) is 4.39. The molecular formula is C18H28N2O. The van der Waals surface area contributed by atoms with Crippen molar-refractivity contribution in [2.24, 2.45) is 5.73 Å². The van der Waals surface area contributed by atoms with Gasteiger partial charge in [0, 0.05) is 25.9 Å². The zero-order chi connectivity index (χ0) is 15.5. The Morgan fingerprint density at radius 1 is 1.29 bits per heavy atom. The van der Waals surface area contributed by atoms with E-state index < -0.39 is 0 Å². The van der Waals surface area contributed by atoms with Crippen LogP contribution in [0.15, 0.2) is 30.5 Å². The van der Waals surface area contributed by atoms with Gasteiger partial charge in [-0.3, -0.25) is 0 Å². The van der Waals surface area contributed by atoms with Crippen molar-refractivity contribution < 1.29 is 4.74 Å². The Hall–Kier alpha value is -1.32. The summed E-state index contributed by atoms with van der Waals surface area (Å²) in [7, 11) is 1.78. The van der Waals surface area contributed by atoms with Gasteiger partial charge in [-0.05, 0) is 50.1 Å². The summed E-state index contributed by atoms with van der Waals surface area (Å²) in [4.78, 5) is 0. The number of nitrogens with zero attached hydrogens (tertiary/aromatic N) is 1. The Morgan fingerprint density at radius 3 is 2.71 bits per heavy atom. The Bertz CT molecular complexity index is 586. The summed E-state index contributed by atoms with van der Waals surface area (Å²) >= 11 is 0. The molecule has 2 aromatic rings. The second-order valence-corrected chi connectivity index (χ2v) is 6.45. The lowest BCUT2D eigenvalue weighted by atomic mass is 10.0. The molecule has 3 heteroatoms. The van der Waals surface area contributed by atoms with Crippen molar-refractivity contribution in [2.75, 3.05) is 7.11 Å². The molecule has 2 N–H and O–H groups in total. The number of nitrogens with two attached hydrogens (primary N) is 1. The second kappa shape index (κ2) is 6.63. The maximum atomic E-state index is 6.15. The summed E-state index contributed by atoms with van der Waals surface area (Å²) in [5.41, 5.74) is 8.73. The second-order valence-electron chi connectivity index (χ2n) is 6.45. The van der Waals surface area contributed by atoms with E-state index in [0.717, 1.165) is 25.8 Å². The highest BCUT2D eigenvalue weighted by atomic mass is 16.5. The molecular weight excluding hydrogens is 260 g/mol. The maximum absolute atomic E-state index is 6.15. The van der Waals surface area contributed by atoms with Crippen LogP contribution in [-0.2, 0) is 17.7 Å². The Balaban J connectivity index is 2.28. The zero-order valence-electron chi connectivity index (χ0n) is 13.7. The van der Waals surface area contributed by atoms with Crippen LogP contribution in [0.5, 0.6) is 0 Å². The van der Waals surface area contributed by atoms with Gasteiger partial charge in [0.15, 0.2) is 0 Å². The van der Waals surface area contributed by atoms with Gasteiger partial charge in [-0.2, -0.15) is 0 Å². The molecule has 1 aromatic carbocycles. The van der Waals surface area contributed by atoms with E-state index in [1.165, 1.54) is 16.5 Å². The third kappa shape index (κ3) is 3.86. The number of aromatic nitrogens is 1. The fourth-order valence-corrected chi connectivity index (χ4v) is 2.61. The van der Waals surface area contributed by atoms with Gasteiger partial charge in [-0.1, -0.05) is 25.1 Å². The van der Waals surface area contributed by atoms with Gasteiger partial charge in [-0.25, -0.2) is 0 Å². The van der Waals surface area contributed by atoms with Gasteiger partial charge in [0.2, 0.25) is 0 Å². The van der Waals surface area contributed by atoms with Crippen molar-refractivity contribution in [1.82, 2.24) is 4.57 Å². The summed E-state index contributed by atoms with van der Waals surface area (Å²) < 4.78 is 7.87. The number of para-hydroxylation sites is 1. The van der Waals surface area contributed by atoms with E-state index in [9.17, 15) is 0 Å².